The minimum Gasteiger partial charge on any atom is -0.497 e. The molecule has 31 heavy (non-hydrogen) atoms. The summed E-state index contributed by atoms with van der Waals surface area (Å²) in [5.74, 6) is 1.15. The minimum absolute atomic E-state index is 0.0416. The molecule has 0 saturated heterocycles. The number of para-hydroxylation sites is 1. The highest BCUT2D eigenvalue weighted by Crippen LogP contribution is 2.28. The summed E-state index contributed by atoms with van der Waals surface area (Å²) >= 11 is 0. The van der Waals surface area contributed by atoms with Crippen LogP contribution < -0.4 is 9.04 Å². The van der Waals surface area contributed by atoms with Gasteiger partial charge in [-0.15, -0.1) is 0 Å². The Balaban J connectivity index is 1.68. The first-order chi connectivity index (χ1) is 15.0. The van der Waals surface area contributed by atoms with Gasteiger partial charge in [-0.1, -0.05) is 30.3 Å². The van der Waals surface area contributed by atoms with E-state index in [1.165, 1.54) is 10.6 Å². The van der Waals surface area contributed by atoms with Gasteiger partial charge in [0.2, 0.25) is 5.89 Å². The number of hydrogen-bond acceptors (Lipinski definition) is 5. The van der Waals surface area contributed by atoms with Gasteiger partial charge in [-0.3, -0.25) is 4.31 Å². The zero-order valence-electron chi connectivity index (χ0n) is 17.2. The van der Waals surface area contributed by atoms with Crippen molar-refractivity contribution in [3.63, 3.8) is 0 Å². The lowest BCUT2D eigenvalue weighted by molar-refractivity contribution is 0.415. The molecule has 3 aromatic carbocycles. The molecular formula is C24H22N2O4S. The Hall–Kier alpha value is -3.58. The number of aromatic nitrogens is 1. The first kappa shape index (κ1) is 20.7. The summed E-state index contributed by atoms with van der Waals surface area (Å²) in [5, 5.41) is 0. The maximum absolute atomic E-state index is 13.5. The van der Waals surface area contributed by atoms with Crippen LogP contribution in [-0.2, 0) is 16.6 Å². The Kier molecular flexibility index (Phi) is 5.77. The van der Waals surface area contributed by atoms with E-state index in [4.69, 9.17) is 9.15 Å². The van der Waals surface area contributed by atoms with Crippen LogP contribution >= 0.6 is 0 Å². The molecule has 0 saturated carbocycles. The van der Waals surface area contributed by atoms with Crippen molar-refractivity contribution in [3.05, 3.63) is 96.4 Å². The highest BCUT2D eigenvalue weighted by molar-refractivity contribution is 7.92. The van der Waals surface area contributed by atoms with Gasteiger partial charge in [-0.05, 0) is 61.0 Å². The van der Waals surface area contributed by atoms with E-state index >= 15 is 0 Å². The standard InChI is InChI=1S/C24H22N2O4S/c1-18-7-6-10-23(15-18)31(27,28)26(21-8-4-3-5-9-21)16-20-17-30-24(25-20)19-11-13-22(29-2)14-12-19/h3-15,17H,16H2,1-2H3. The Bertz CT molecular complexity index is 1270. The number of anilines is 1. The van der Waals surface area contributed by atoms with Crippen molar-refractivity contribution in [1.82, 2.24) is 4.98 Å². The van der Waals surface area contributed by atoms with E-state index in [9.17, 15) is 8.42 Å². The molecule has 0 amide bonds. The van der Waals surface area contributed by atoms with E-state index < -0.39 is 10.0 Å². The lowest BCUT2D eigenvalue weighted by atomic mass is 10.2. The van der Waals surface area contributed by atoms with Crippen molar-refractivity contribution in [3.8, 4) is 17.2 Å². The number of nitrogens with zero attached hydrogens (tertiary/aromatic N) is 2. The van der Waals surface area contributed by atoms with Crippen LogP contribution in [0, 0.1) is 6.92 Å². The minimum atomic E-state index is -3.80. The summed E-state index contributed by atoms with van der Waals surface area (Å²) in [7, 11) is -2.20. The van der Waals surface area contributed by atoms with E-state index in [0.29, 0.717) is 17.3 Å². The first-order valence-electron chi connectivity index (χ1n) is 9.70. The molecule has 4 aromatic rings. The second-order valence-corrected chi connectivity index (χ2v) is 8.90. The van der Waals surface area contributed by atoms with Gasteiger partial charge in [0.15, 0.2) is 0 Å². The molecule has 0 N–H and O–H groups in total. The van der Waals surface area contributed by atoms with Gasteiger partial charge in [0.25, 0.3) is 10.0 Å². The van der Waals surface area contributed by atoms with Crippen LogP contribution in [0.3, 0.4) is 0 Å². The molecule has 0 bridgehead atoms. The Labute approximate surface area is 181 Å². The molecule has 1 aromatic heterocycles. The predicted molar refractivity (Wildman–Crippen MR) is 119 cm³/mol. The molecule has 6 nitrogen and oxygen atoms in total. The predicted octanol–water partition coefficient (Wildman–Crippen LogP) is 5.05. The zero-order valence-corrected chi connectivity index (χ0v) is 18.0. The molecule has 0 unspecified atom stereocenters. The molecular weight excluding hydrogens is 412 g/mol. The molecule has 0 spiro atoms. The van der Waals surface area contributed by atoms with Gasteiger partial charge < -0.3 is 9.15 Å². The molecule has 4 rings (SSSR count). The number of hydrogen-bond donors (Lipinski definition) is 0. The average molecular weight is 435 g/mol. The molecule has 158 valence electrons. The van der Waals surface area contributed by atoms with Crippen LogP contribution in [0.5, 0.6) is 5.75 Å². The molecule has 0 radical (unpaired) electrons. The molecule has 0 fully saturated rings. The fourth-order valence-corrected chi connectivity index (χ4v) is 4.75. The maximum atomic E-state index is 13.5. The monoisotopic (exact) mass is 434 g/mol. The molecule has 0 atom stereocenters. The Morgan fingerprint density at radius 1 is 0.968 bits per heavy atom. The maximum Gasteiger partial charge on any atom is 0.264 e. The third-order valence-corrected chi connectivity index (χ3v) is 6.59. The van der Waals surface area contributed by atoms with Crippen LogP contribution in [0.4, 0.5) is 5.69 Å². The van der Waals surface area contributed by atoms with Gasteiger partial charge in [-0.25, -0.2) is 13.4 Å². The van der Waals surface area contributed by atoms with Crippen LogP contribution in [0.2, 0.25) is 0 Å². The second-order valence-electron chi connectivity index (χ2n) is 7.04. The number of aryl methyl sites for hydroxylation is 1. The number of rotatable bonds is 7. The largest absolute Gasteiger partial charge is 0.497 e. The van der Waals surface area contributed by atoms with Crippen LogP contribution in [0.1, 0.15) is 11.3 Å². The average Bonchev–Trinajstić information content (AvgIpc) is 3.27. The normalized spacial score (nSPS) is 11.3. The first-order valence-corrected chi connectivity index (χ1v) is 11.1. The lowest BCUT2D eigenvalue weighted by Crippen LogP contribution is -2.30. The fraction of sp³-hybridized carbons (Fsp3) is 0.125. The van der Waals surface area contributed by atoms with E-state index in [1.54, 1.807) is 49.6 Å². The summed E-state index contributed by atoms with van der Waals surface area (Å²) < 4.78 is 39.1. The van der Waals surface area contributed by atoms with Crippen LogP contribution in [0.15, 0.2) is 94.4 Å². The Morgan fingerprint density at radius 3 is 2.39 bits per heavy atom. The topological polar surface area (TPSA) is 72.6 Å². The quantitative estimate of drug-likeness (QED) is 0.407. The molecule has 0 aliphatic rings. The fourth-order valence-electron chi connectivity index (χ4n) is 3.21. The number of sulfonamides is 1. The molecule has 1 heterocycles. The van der Waals surface area contributed by atoms with Gasteiger partial charge in [0, 0.05) is 5.56 Å². The number of benzene rings is 3. The van der Waals surface area contributed by atoms with Gasteiger partial charge in [0.05, 0.1) is 24.2 Å². The summed E-state index contributed by atoms with van der Waals surface area (Å²) in [6, 6.07) is 23.2. The van der Waals surface area contributed by atoms with Gasteiger partial charge >= 0.3 is 0 Å². The van der Waals surface area contributed by atoms with Crippen molar-refractivity contribution < 1.29 is 17.6 Å². The van der Waals surface area contributed by atoms with Crippen molar-refractivity contribution in [2.24, 2.45) is 0 Å². The zero-order chi connectivity index (χ0) is 21.8. The van der Waals surface area contributed by atoms with Crippen molar-refractivity contribution in [2.45, 2.75) is 18.4 Å². The smallest absolute Gasteiger partial charge is 0.264 e. The van der Waals surface area contributed by atoms with Crippen molar-refractivity contribution in [2.75, 3.05) is 11.4 Å². The molecule has 7 heteroatoms. The highest BCUT2D eigenvalue weighted by atomic mass is 32.2. The summed E-state index contributed by atoms with van der Waals surface area (Å²) in [5.41, 5.74) is 2.71. The summed E-state index contributed by atoms with van der Waals surface area (Å²) in [4.78, 5) is 4.74. The third kappa shape index (κ3) is 4.46. The third-order valence-electron chi connectivity index (χ3n) is 4.82. The van der Waals surface area contributed by atoms with Crippen molar-refractivity contribution >= 4 is 15.7 Å². The SMILES string of the molecule is COc1ccc(-c2nc(CN(c3ccccc3)S(=O)(=O)c3cccc(C)c3)co2)cc1. The lowest BCUT2D eigenvalue weighted by Gasteiger charge is -2.23. The van der Waals surface area contributed by atoms with Crippen LogP contribution in [-0.4, -0.2) is 20.5 Å². The summed E-state index contributed by atoms with van der Waals surface area (Å²) in [6.45, 7) is 1.91. The number of methoxy groups -OCH3 is 1. The van der Waals surface area contributed by atoms with E-state index in [2.05, 4.69) is 4.98 Å². The number of ether oxygens (including phenoxy) is 1. The van der Waals surface area contributed by atoms with Gasteiger partial charge in [-0.2, -0.15) is 0 Å². The molecule has 0 aliphatic carbocycles. The summed E-state index contributed by atoms with van der Waals surface area (Å²) in [6.07, 6.45) is 1.49. The van der Waals surface area contributed by atoms with Crippen LogP contribution in [0.25, 0.3) is 11.5 Å². The second kappa shape index (κ2) is 8.65. The Morgan fingerprint density at radius 2 is 1.71 bits per heavy atom. The van der Waals surface area contributed by atoms with E-state index in [-0.39, 0.29) is 11.4 Å². The molecule has 0 aliphatic heterocycles. The number of oxazole rings is 1. The van der Waals surface area contributed by atoms with Crippen molar-refractivity contribution in [1.29, 1.82) is 0 Å². The highest BCUT2D eigenvalue weighted by Gasteiger charge is 2.26. The van der Waals surface area contributed by atoms with E-state index in [0.717, 1.165) is 16.9 Å². The van der Waals surface area contributed by atoms with Gasteiger partial charge in [0.1, 0.15) is 17.7 Å². The van der Waals surface area contributed by atoms with E-state index in [1.807, 2.05) is 43.3 Å².